The zero-order chi connectivity index (χ0) is 20.7. The number of carbonyl (C=O) groups excluding carboxylic acids is 1. The highest BCUT2D eigenvalue weighted by atomic mass is 79.9. The van der Waals surface area contributed by atoms with Crippen LogP contribution in [0.5, 0.6) is 0 Å². The summed E-state index contributed by atoms with van der Waals surface area (Å²) in [7, 11) is 0.695. The van der Waals surface area contributed by atoms with Crippen molar-refractivity contribution in [1.82, 2.24) is 4.31 Å². The van der Waals surface area contributed by atoms with E-state index in [1.54, 1.807) is 30.3 Å². The first-order valence-electron chi connectivity index (χ1n) is 8.43. The number of hydrogen-bond acceptors (Lipinski definition) is 5. The topological polar surface area (TPSA) is 84.9 Å². The number of rotatable bonds is 9. The van der Waals surface area contributed by atoms with Crippen molar-refractivity contribution in [3.05, 3.63) is 58.6 Å². The fourth-order valence-corrected chi connectivity index (χ4v) is 4.16. The van der Waals surface area contributed by atoms with Crippen molar-refractivity contribution in [2.75, 3.05) is 39.7 Å². The third-order valence-electron chi connectivity index (χ3n) is 4.03. The second kappa shape index (κ2) is 10.1. The molecule has 0 aliphatic carbocycles. The van der Waals surface area contributed by atoms with Crippen LogP contribution in [-0.2, 0) is 19.5 Å². The van der Waals surface area contributed by atoms with E-state index in [2.05, 4.69) is 21.2 Å². The molecule has 0 aromatic heterocycles. The SMILES string of the molecule is COCC(CN(C)S(=O)(=O)c1cccc(C(=O)Nc2cccc(Br)c2)c1)OC. The van der Waals surface area contributed by atoms with E-state index in [9.17, 15) is 13.2 Å². The van der Waals surface area contributed by atoms with Gasteiger partial charge in [0.25, 0.3) is 5.91 Å². The minimum atomic E-state index is -3.79. The predicted molar refractivity (Wildman–Crippen MR) is 111 cm³/mol. The number of hydrogen-bond donors (Lipinski definition) is 1. The van der Waals surface area contributed by atoms with Crippen molar-refractivity contribution in [2.45, 2.75) is 11.0 Å². The molecule has 1 unspecified atom stereocenters. The van der Waals surface area contributed by atoms with Gasteiger partial charge in [-0.05, 0) is 36.4 Å². The Morgan fingerprint density at radius 3 is 2.54 bits per heavy atom. The van der Waals surface area contributed by atoms with Gasteiger partial charge < -0.3 is 14.8 Å². The molecular weight excluding hydrogens is 448 g/mol. The molecule has 0 bridgehead atoms. The first-order valence-corrected chi connectivity index (χ1v) is 10.7. The molecule has 2 aromatic carbocycles. The number of carbonyl (C=O) groups is 1. The number of methoxy groups -OCH3 is 2. The lowest BCUT2D eigenvalue weighted by atomic mass is 10.2. The van der Waals surface area contributed by atoms with Crippen molar-refractivity contribution < 1.29 is 22.7 Å². The molecule has 2 aromatic rings. The van der Waals surface area contributed by atoms with Crippen molar-refractivity contribution in [2.24, 2.45) is 0 Å². The predicted octanol–water partition coefficient (Wildman–Crippen LogP) is 2.98. The molecule has 0 radical (unpaired) electrons. The standard InChI is InChI=1S/C19H23BrN2O5S/c1-22(12-17(27-3)13-26-2)28(24,25)18-9-4-6-14(10-18)19(23)21-16-8-5-7-15(20)11-16/h4-11,17H,12-13H2,1-3H3,(H,21,23). The van der Waals surface area contributed by atoms with Gasteiger partial charge in [-0.1, -0.05) is 28.1 Å². The first-order chi connectivity index (χ1) is 13.3. The molecule has 0 aliphatic rings. The third-order valence-corrected chi connectivity index (χ3v) is 6.35. The summed E-state index contributed by atoms with van der Waals surface area (Å²) in [6, 6.07) is 13.1. The lowest BCUT2D eigenvalue weighted by molar-refractivity contribution is 0.0207. The van der Waals surface area contributed by atoms with Gasteiger partial charge in [0.1, 0.15) is 0 Å². The summed E-state index contributed by atoms with van der Waals surface area (Å²) in [5, 5.41) is 2.75. The van der Waals surface area contributed by atoms with E-state index in [1.165, 1.54) is 37.7 Å². The summed E-state index contributed by atoms with van der Waals surface area (Å²) in [5.74, 6) is -0.396. The van der Waals surface area contributed by atoms with E-state index >= 15 is 0 Å². The lowest BCUT2D eigenvalue weighted by Crippen LogP contribution is -2.37. The number of amides is 1. The fourth-order valence-electron chi connectivity index (χ4n) is 2.51. The fraction of sp³-hybridized carbons (Fsp3) is 0.316. The number of benzene rings is 2. The molecule has 0 fully saturated rings. The minimum absolute atomic E-state index is 0.0316. The number of nitrogens with one attached hydrogen (secondary N) is 1. The highest BCUT2D eigenvalue weighted by Gasteiger charge is 2.24. The molecule has 0 aliphatic heterocycles. The molecular formula is C19H23BrN2O5S. The average molecular weight is 471 g/mol. The number of halogens is 1. The molecule has 28 heavy (non-hydrogen) atoms. The zero-order valence-corrected chi connectivity index (χ0v) is 18.3. The van der Waals surface area contributed by atoms with Crippen LogP contribution in [0.15, 0.2) is 57.9 Å². The Morgan fingerprint density at radius 1 is 1.18 bits per heavy atom. The van der Waals surface area contributed by atoms with Crippen LogP contribution in [0.4, 0.5) is 5.69 Å². The Morgan fingerprint density at radius 2 is 1.89 bits per heavy atom. The number of ether oxygens (including phenoxy) is 2. The van der Waals surface area contributed by atoms with Crippen LogP contribution in [-0.4, -0.2) is 59.2 Å². The minimum Gasteiger partial charge on any atom is -0.382 e. The monoisotopic (exact) mass is 470 g/mol. The summed E-state index contributed by atoms with van der Waals surface area (Å²) in [6.07, 6.45) is -0.396. The maximum atomic E-state index is 12.9. The molecule has 1 amide bonds. The van der Waals surface area contributed by atoms with Gasteiger partial charge in [-0.3, -0.25) is 4.79 Å². The van der Waals surface area contributed by atoms with Crippen LogP contribution in [0.1, 0.15) is 10.4 Å². The maximum absolute atomic E-state index is 12.9. The molecule has 152 valence electrons. The highest BCUT2D eigenvalue weighted by molar-refractivity contribution is 9.10. The van der Waals surface area contributed by atoms with E-state index in [0.29, 0.717) is 5.69 Å². The summed E-state index contributed by atoms with van der Waals surface area (Å²) in [4.78, 5) is 12.5. The molecule has 0 heterocycles. The van der Waals surface area contributed by atoms with Crippen molar-refractivity contribution >= 4 is 37.5 Å². The largest absolute Gasteiger partial charge is 0.382 e. The van der Waals surface area contributed by atoms with E-state index in [1.807, 2.05) is 6.07 Å². The van der Waals surface area contributed by atoms with Crippen molar-refractivity contribution in [3.8, 4) is 0 Å². The van der Waals surface area contributed by atoms with Crippen molar-refractivity contribution in [1.29, 1.82) is 0 Å². The third kappa shape index (κ3) is 5.86. The normalized spacial score (nSPS) is 12.8. The van der Waals surface area contributed by atoms with Gasteiger partial charge in [0.2, 0.25) is 10.0 Å². The van der Waals surface area contributed by atoms with Gasteiger partial charge in [-0.25, -0.2) is 8.42 Å². The lowest BCUT2D eigenvalue weighted by Gasteiger charge is -2.22. The number of sulfonamides is 1. The summed E-state index contributed by atoms with van der Waals surface area (Å²) in [5.41, 5.74) is 0.849. The van der Waals surface area contributed by atoms with Crippen LogP contribution in [0, 0.1) is 0 Å². The zero-order valence-electron chi connectivity index (χ0n) is 15.9. The van der Waals surface area contributed by atoms with Gasteiger partial charge in [-0.15, -0.1) is 0 Å². The Bertz CT molecular complexity index is 920. The number of anilines is 1. The quantitative estimate of drug-likeness (QED) is 0.608. The van der Waals surface area contributed by atoms with E-state index in [-0.39, 0.29) is 23.6 Å². The summed E-state index contributed by atoms with van der Waals surface area (Å²) < 4.78 is 38.0. The second-order valence-electron chi connectivity index (χ2n) is 6.09. The number of nitrogens with zero attached hydrogens (tertiary/aromatic N) is 1. The van der Waals surface area contributed by atoms with Gasteiger partial charge in [0.05, 0.1) is 17.6 Å². The molecule has 2 rings (SSSR count). The molecule has 1 atom stereocenters. The Kier molecular flexibility index (Phi) is 8.14. The van der Waals surface area contributed by atoms with E-state index in [4.69, 9.17) is 9.47 Å². The van der Waals surface area contributed by atoms with Crippen LogP contribution >= 0.6 is 15.9 Å². The summed E-state index contributed by atoms with van der Waals surface area (Å²) >= 11 is 3.34. The van der Waals surface area contributed by atoms with Gasteiger partial charge in [-0.2, -0.15) is 4.31 Å². The molecule has 9 heteroatoms. The van der Waals surface area contributed by atoms with Gasteiger partial charge in [0.15, 0.2) is 0 Å². The van der Waals surface area contributed by atoms with Crippen molar-refractivity contribution in [3.63, 3.8) is 0 Å². The Balaban J connectivity index is 2.19. The highest BCUT2D eigenvalue weighted by Crippen LogP contribution is 2.19. The second-order valence-corrected chi connectivity index (χ2v) is 9.05. The van der Waals surface area contributed by atoms with E-state index in [0.717, 1.165) is 4.47 Å². The smallest absolute Gasteiger partial charge is 0.255 e. The van der Waals surface area contributed by atoms with E-state index < -0.39 is 22.0 Å². The Labute approximate surface area is 173 Å². The van der Waals surface area contributed by atoms with Crippen LogP contribution in [0.25, 0.3) is 0 Å². The van der Waals surface area contributed by atoms with Gasteiger partial charge >= 0.3 is 0 Å². The first kappa shape index (κ1) is 22.5. The van der Waals surface area contributed by atoms with Crippen LogP contribution in [0.2, 0.25) is 0 Å². The molecule has 1 N–H and O–H groups in total. The maximum Gasteiger partial charge on any atom is 0.255 e. The number of likely N-dealkylation sites (N-methyl/N-ethyl adjacent to an activating group) is 1. The van der Waals surface area contributed by atoms with Crippen LogP contribution in [0.3, 0.4) is 0 Å². The molecule has 7 nitrogen and oxygen atoms in total. The molecule has 0 spiro atoms. The average Bonchev–Trinajstić information content (AvgIpc) is 2.67. The van der Waals surface area contributed by atoms with Gasteiger partial charge in [0, 0.05) is 43.5 Å². The molecule has 0 saturated heterocycles. The van der Waals surface area contributed by atoms with Crippen LogP contribution < -0.4 is 5.32 Å². The molecule has 0 saturated carbocycles. The summed E-state index contributed by atoms with van der Waals surface area (Å²) in [6.45, 7) is 0.395. The Hall–Kier alpha value is -1.78.